The molecule has 152 valence electrons. The van der Waals surface area contributed by atoms with Crippen LogP contribution in [0.2, 0.25) is 10.0 Å². The van der Waals surface area contributed by atoms with Gasteiger partial charge in [0.25, 0.3) is 0 Å². The minimum Gasteiger partial charge on any atom is -0.481 e. The molecule has 2 aromatic carbocycles. The van der Waals surface area contributed by atoms with Crippen molar-refractivity contribution < 1.29 is 14.6 Å². The van der Waals surface area contributed by atoms with Gasteiger partial charge >= 0.3 is 5.97 Å². The van der Waals surface area contributed by atoms with Crippen LogP contribution in [0.3, 0.4) is 0 Å². The molecule has 0 atom stereocenters. The van der Waals surface area contributed by atoms with Crippen LogP contribution in [0.1, 0.15) is 19.4 Å². The molecule has 0 unspecified atom stereocenters. The summed E-state index contributed by atoms with van der Waals surface area (Å²) in [5.41, 5.74) is 4.04. The summed E-state index contributed by atoms with van der Waals surface area (Å²) in [4.78, 5) is 11.0. The highest BCUT2D eigenvalue weighted by atomic mass is 35.5. The zero-order valence-electron chi connectivity index (χ0n) is 16.4. The van der Waals surface area contributed by atoms with E-state index < -0.39 is 12.6 Å². The number of aliphatic carboxylic acids is 1. The fourth-order valence-corrected chi connectivity index (χ4v) is 3.29. The number of halogens is 2. The average Bonchev–Trinajstić information content (AvgIpc) is 3.05. The number of carboxylic acids is 1. The van der Waals surface area contributed by atoms with Crippen LogP contribution >= 0.6 is 23.2 Å². The second kappa shape index (κ2) is 8.89. The number of nitrogens with zero attached hydrogens (tertiary/aromatic N) is 2. The summed E-state index contributed by atoms with van der Waals surface area (Å²) in [7, 11) is 0. The topological polar surface area (TPSA) is 64.3 Å². The van der Waals surface area contributed by atoms with Gasteiger partial charge in [0, 0.05) is 22.2 Å². The molecule has 0 aliphatic heterocycles. The number of benzene rings is 2. The summed E-state index contributed by atoms with van der Waals surface area (Å²) in [6, 6.07) is 13.0. The lowest BCUT2D eigenvalue weighted by Crippen LogP contribution is -2.10. The molecule has 0 bridgehead atoms. The number of hydrogen-bond acceptors (Lipinski definition) is 3. The highest BCUT2D eigenvalue weighted by molar-refractivity contribution is 6.31. The summed E-state index contributed by atoms with van der Waals surface area (Å²) in [6.45, 7) is 6.37. The third kappa shape index (κ3) is 5.11. The minimum atomic E-state index is -1.05. The summed E-state index contributed by atoms with van der Waals surface area (Å²) in [5, 5.41) is 15.0. The fourth-order valence-electron chi connectivity index (χ4n) is 3.00. The Labute approximate surface area is 179 Å². The Morgan fingerprint density at radius 3 is 2.48 bits per heavy atom. The molecule has 0 amide bonds. The molecule has 0 aliphatic rings. The number of hydrogen-bond donors (Lipinski definition) is 1. The second-order valence-electron chi connectivity index (χ2n) is 7.28. The summed E-state index contributed by atoms with van der Waals surface area (Å²) in [5.74, 6) is -0.222. The zero-order chi connectivity index (χ0) is 21.1. The van der Waals surface area contributed by atoms with Crippen molar-refractivity contribution in [3.63, 3.8) is 0 Å². The molecule has 0 saturated heterocycles. The van der Waals surface area contributed by atoms with E-state index in [2.05, 4.69) is 13.8 Å². The van der Waals surface area contributed by atoms with Crippen molar-refractivity contribution in [2.45, 2.75) is 27.3 Å². The Kier molecular flexibility index (Phi) is 6.50. The van der Waals surface area contributed by atoms with Gasteiger partial charge in [-0.3, -0.25) is 4.68 Å². The Balaban J connectivity index is 2.12. The zero-order valence-corrected chi connectivity index (χ0v) is 18.0. The van der Waals surface area contributed by atoms with Crippen LogP contribution in [0, 0.1) is 12.8 Å². The fraction of sp³-hybridized carbons (Fsp3) is 0.273. The second-order valence-corrected chi connectivity index (χ2v) is 8.12. The number of aromatic nitrogens is 2. The highest BCUT2D eigenvalue weighted by Gasteiger charge is 2.18. The van der Waals surface area contributed by atoms with Crippen molar-refractivity contribution in [3.8, 4) is 28.3 Å². The summed E-state index contributed by atoms with van der Waals surface area (Å²) >= 11 is 12.4. The Bertz CT molecular complexity index is 1030. The van der Waals surface area contributed by atoms with Gasteiger partial charge in [0.1, 0.15) is 5.75 Å². The van der Waals surface area contributed by atoms with Crippen LogP contribution in [-0.2, 0) is 11.3 Å². The van der Waals surface area contributed by atoms with Gasteiger partial charge in [-0.15, -0.1) is 0 Å². The van der Waals surface area contributed by atoms with Crippen LogP contribution in [0.5, 0.6) is 5.75 Å². The van der Waals surface area contributed by atoms with Crippen molar-refractivity contribution in [1.29, 1.82) is 0 Å². The maximum atomic E-state index is 11.0. The normalized spacial score (nSPS) is 11.1. The molecular weight excluding hydrogens is 411 g/mol. The molecule has 0 spiro atoms. The van der Waals surface area contributed by atoms with E-state index in [1.165, 1.54) is 0 Å². The number of rotatable bonds is 7. The van der Waals surface area contributed by atoms with E-state index in [-0.39, 0.29) is 0 Å². The summed E-state index contributed by atoms with van der Waals surface area (Å²) in [6.07, 6.45) is 0. The molecule has 0 fully saturated rings. The van der Waals surface area contributed by atoms with E-state index in [1.54, 1.807) is 12.1 Å². The molecule has 1 aromatic heterocycles. The quantitative estimate of drug-likeness (QED) is 0.500. The van der Waals surface area contributed by atoms with Crippen molar-refractivity contribution in [2.24, 2.45) is 5.92 Å². The third-order valence-electron chi connectivity index (χ3n) is 4.35. The lowest BCUT2D eigenvalue weighted by molar-refractivity contribution is -0.139. The Hall–Kier alpha value is -2.50. The number of aryl methyl sites for hydroxylation is 1. The van der Waals surface area contributed by atoms with E-state index in [9.17, 15) is 4.79 Å². The third-order valence-corrected chi connectivity index (χ3v) is 5.01. The van der Waals surface area contributed by atoms with E-state index in [1.807, 2.05) is 41.9 Å². The van der Waals surface area contributed by atoms with Crippen molar-refractivity contribution in [1.82, 2.24) is 9.78 Å². The smallest absolute Gasteiger partial charge is 0.341 e. The molecule has 5 nitrogen and oxygen atoms in total. The number of ether oxygens (including phenoxy) is 1. The van der Waals surface area contributed by atoms with Gasteiger partial charge in [-0.05, 0) is 54.3 Å². The highest BCUT2D eigenvalue weighted by Crippen LogP contribution is 2.36. The Morgan fingerprint density at radius 1 is 1.17 bits per heavy atom. The van der Waals surface area contributed by atoms with Gasteiger partial charge in [-0.1, -0.05) is 49.2 Å². The molecule has 3 aromatic rings. The summed E-state index contributed by atoms with van der Waals surface area (Å²) < 4.78 is 7.46. The molecule has 7 heteroatoms. The van der Waals surface area contributed by atoms with Crippen LogP contribution in [0.15, 0.2) is 42.5 Å². The van der Waals surface area contributed by atoms with Crippen molar-refractivity contribution in [2.75, 3.05) is 6.61 Å². The monoisotopic (exact) mass is 432 g/mol. The SMILES string of the molecule is Cc1cc(OCC(=O)O)c(-c2cc(-c3ccc(Cl)cc3)n(CC(C)C)n2)cc1Cl. The van der Waals surface area contributed by atoms with Crippen LogP contribution in [-0.4, -0.2) is 27.5 Å². The van der Waals surface area contributed by atoms with Crippen LogP contribution in [0.25, 0.3) is 22.5 Å². The van der Waals surface area contributed by atoms with E-state index >= 15 is 0 Å². The molecule has 1 heterocycles. The molecule has 29 heavy (non-hydrogen) atoms. The van der Waals surface area contributed by atoms with Gasteiger partial charge in [0.2, 0.25) is 0 Å². The predicted molar refractivity (Wildman–Crippen MR) is 116 cm³/mol. The first-order valence-electron chi connectivity index (χ1n) is 9.23. The van der Waals surface area contributed by atoms with Gasteiger partial charge in [-0.2, -0.15) is 5.10 Å². The van der Waals surface area contributed by atoms with Crippen molar-refractivity contribution >= 4 is 29.2 Å². The number of carbonyl (C=O) groups is 1. The lowest BCUT2D eigenvalue weighted by Gasteiger charge is -2.11. The van der Waals surface area contributed by atoms with E-state index in [0.717, 1.165) is 23.4 Å². The molecular formula is C22H22Cl2N2O3. The Morgan fingerprint density at radius 2 is 1.86 bits per heavy atom. The van der Waals surface area contributed by atoms with Gasteiger partial charge in [0.05, 0.1) is 11.4 Å². The maximum absolute atomic E-state index is 11.0. The first kappa shape index (κ1) is 21.2. The largest absolute Gasteiger partial charge is 0.481 e. The number of carboxylic acid groups (broad SMARTS) is 1. The first-order valence-corrected chi connectivity index (χ1v) is 9.99. The standard InChI is InChI=1S/C22H22Cl2N2O3/c1-13(2)11-26-20(15-4-6-16(23)7-5-15)10-19(25-26)17-9-18(24)14(3)8-21(17)29-12-22(27)28/h4-10,13H,11-12H2,1-3H3,(H,27,28). The molecule has 1 N–H and O–H groups in total. The molecule has 0 radical (unpaired) electrons. The molecule has 0 aliphatic carbocycles. The van der Waals surface area contributed by atoms with Gasteiger partial charge < -0.3 is 9.84 Å². The van der Waals surface area contributed by atoms with Gasteiger partial charge in [0.15, 0.2) is 6.61 Å². The van der Waals surface area contributed by atoms with Crippen molar-refractivity contribution in [3.05, 3.63) is 58.1 Å². The van der Waals surface area contributed by atoms with E-state index in [0.29, 0.717) is 33.0 Å². The van der Waals surface area contributed by atoms with E-state index in [4.69, 9.17) is 38.1 Å². The molecule has 0 saturated carbocycles. The molecule has 3 rings (SSSR count). The maximum Gasteiger partial charge on any atom is 0.341 e. The van der Waals surface area contributed by atoms with Crippen LogP contribution in [0.4, 0.5) is 0 Å². The van der Waals surface area contributed by atoms with Crippen LogP contribution < -0.4 is 4.74 Å². The van der Waals surface area contributed by atoms with Gasteiger partial charge in [-0.25, -0.2) is 4.79 Å². The lowest BCUT2D eigenvalue weighted by atomic mass is 10.1. The average molecular weight is 433 g/mol. The minimum absolute atomic E-state index is 0.387. The predicted octanol–water partition coefficient (Wildman–Crippen LogP) is 5.95. The first-order chi connectivity index (χ1) is 13.7.